The Morgan fingerprint density at radius 2 is 2.11 bits per heavy atom. The predicted octanol–water partition coefficient (Wildman–Crippen LogP) is 3.99. The van der Waals surface area contributed by atoms with Crippen molar-refractivity contribution in [1.82, 2.24) is 4.98 Å². The Bertz CT molecular complexity index is 422. The van der Waals surface area contributed by atoms with Gasteiger partial charge in [0.1, 0.15) is 12.0 Å². The van der Waals surface area contributed by atoms with Gasteiger partial charge in [0.15, 0.2) is 0 Å². The fourth-order valence-corrected chi connectivity index (χ4v) is 2.41. The molecule has 0 aliphatic heterocycles. The number of hydrogen-bond acceptors (Lipinski definition) is 4. The van der Waals surface area contributed by atoms with Crippen molar-refractivity contribution >= 4 is 27.4 Å². The van der Waals surface area contributed by atoms with Crippen molar-refractivity contribution in [2.75, 3.05) is 5.32 Å². The summed E-state index contributed by atoms with van der Waals surface area (Å²) in [5, 5.41) is 13.9. The van der Waals surface area contributed by atoms with Crippen LogP contribution in [0.5, 0.6) is 0 Å². The zero-order valence-electron chi connectivity index (χ0n) is 10.8. The van der Waals surface area contributed by atoms with Crippen molar-refractivity contribution in [3.8, 4) is 0 Å². The average molecular weight is 316 g/mol. The van der Waals surface area contributed by atoms with Gasteiger partial charge in [-0.05, 0) is 28.8 Å². The van der Waals surface area contributed by atoms with E-state index in [0.717, 1.165) is 12.8 Å². The predicted molar refractivity (Wildman–Crippen MR) is 75.7 cm³/mol. The Hall–Kier alpha value is -1.17. The monoisotopic (exact) mass is 315 g/mol. The Morgan fingerprint density at radius 3 is 2.56 bits per heavy atom. The third-order valence-corrected chi connectivity index (χ3v) is 3.76. The number of anilines is 1. The minimum absolute atomic E-state index is 0.0115. The van der Waals surface area contributed by atoms with Crippen molar-refractivity contribution in [1.29, 1.82) is 0 Å². The molecule has 1 unspecified atom stereocenters. The van der Waals surface area contributed by atoms with Crippen LogP contribution in [0, 0.1) is 16.0 Å². The lowest BCUT2D eigenvalue weighted by atomic mass is 9.95. The SMILES string of the molecule is CCC(CC)C(C)Nc1ncc([N+](=O)[O-])cc1Br. The maximum atomic E-state index is 10.6. The molecule has 0 spiro atoms. The van der Waals surface area contributed by atoms with Gasteiger partial charge in [-0.3, -0.25) is 10.1 Å². The highest BCUT2D eigenvalue weighted by atomic mass is 79.9. The van der Waals surface area contributed by atoms with E-state index in [-0.39, 0.29) is 11.7 Å². The third kappa shape index (κ3) is 3.66. The molecule has 1 aromatic rings. The summed E-state index contributed by atoms with van der Waals surface area (Å²) in [6.45, 7) is 6.42. The highest BCUT2D eigenvalue weighted by Crippen LogP contribution is 2.26. The summed E-state index contributed by atoms with van der Waals surface area (Å²) in [4.78, 5) is 14.3. The Labute approximate surface area is 115 Å². The van der Waals surface area contributed by atoms with Crippen LogP contribution in [0.2, 0.25) is 0 Å². The van der Waals surface area contributed by atoms with Crippen LogP contribution in [0.3, 0.4) is 0 Å². The van der Waals surface area contributed by atoms with Crippen LogP contribution in [-0.4, -0.2) is 15.9 Å². The molecule has 0 radical (unpaired) electrons. The molecule has 6 heteroatoms. The van der Waals surface area contributed by atoms with Crippen LogP contribution in [0.25, 0.3) is 0 Å². The topological polar surface area (TPSA) is 68.1 Å². The molecule has 0 aromatic carbocycles. The molecule has 0 amide bonds. The van der Waals surface area contributed by atoms with E-state index in [1.54, 1.807) is 0 Å². The Kier molecular flexibility index (Phi) is 5.53. The van der Waals surface area contributed by atoms with Gasteiger partial charge in [-0.2, -0.15) is 0 Å². The Balaban J connectivity index is 2.82. The van der Waals surface area contributed by atoms with Gasteiger partial charge in [0, 0.05) is 12.1 Å². The summed E-state index contributed by atoms with van der Waals surface area (Å²) in [7, 11) is 0. The molecule has 1 aromatic heterocycles. The molecule has 1 rings (SSSR count). The largest absolute Gasteiger partial charge is 0.366 e. The minimum atomic E-state index is -0.453. The van der Waals surface area contributed by atoms with E-state index < -0.39 is 4.92 Å². The first-order chi connectivity index (χ1) is 8.49. The van der Waals surface area contributed by atoms with Crippen LogP contribution >= 0.6 is 15.9 Å². The second-order valence-corrected chi connectivity index (χ2v) is 5.14. The summed E-state index contributed by atoms with van der Waals surface area (Å²) in [5.74, 6) is 1.22. The molecule has 1 N–H and O–H groups in total. The molecule has 18 heavy (non-hydrogen) atoms. The molecule has 0 aliphatic rings. The minimum Gasteiger partial charge on any atom is -0.366 e. The molecule has 1 heterocycles. The second-order valence-electron chi connectivity index (χ2n) is 4.29. The number of rotatable bonds is 6. The van der Waals surface area contributed by atoms with E-state index in [9.17, 15) is 10.1 Å². The quantitative estimate of drug-likeness (QED) is 0.636. The van der Waals surface area contributed by atoms with Crippen LogP contribution in [-0.2, 0) is 0 Å². The van der Waals surface area contributed by atoms with E-state index in [2.05, 4.69) is 47.0 Å². The first-order valence-electron chi connectivity index (χ1n) is 6.06. The lowest BCUT2D eigenvalue weighted by Crippen LogP contribution is -2.25. The lowest BCUT2D eigenvalue weighted by Gasteiger charge is -2.23. The number of aromatic nitrogens is 1. The van der Waals surface area contributed by atoms with Gasteiger partial charge >= 0.3 is 0 Å². The summed E-state index contributed by atoms with van der Waals surface area (Å²) in [6, 6.07) is 1.75. The summed E-state index contributed by atoms with van der Waals surface area (Å²) < 4.78 is 0.620. The van der Waals surface area contributed by atoms with Gasteiger partial charge in [-0.25, -0.2) is 4.98 Å². The summed E-state index contributed by atoms with van der Waals surface area (Å²) in [6.07, 6.45) is 3.46. The van der Waals surface area contributed by atoms with Crippen molar-refractivity contribution in [2.45, 2.75) is 39.7 Å². The molecule has 1 atom stereocenters. The molecule has 0 saturated carbocycles. The van der Waals surface area contributed by atoms with Crippen molar-refractivity contribution in [3.05, 3.63) is 26.9 Å². The number of nitro groups is 1. The van der Waals surface area contributed by atoms with Crippen LogP contribution in [0.4, 0.5) is 11.5 Å². The molecule has 5 nitrogen and oxygen atoms in total. The standard InChI is InChI=1S/C12H18BrN3O2/c1-4-9(5-2)8(3)15-12-11(13)6-10(7-14-12)16(17)18/h6-9H,4-5H2,1-3H3,(H,14,15). The first kappa shape index (κ1) is 14.9. The fraction of sp³-hybridized carbons (Fsp3) is 0.583. The van der Waals surface area contributed by atoms with Gasteiger partial charge in [0.2, 0.25) is 0 Å². The van der Waals surface area contributed by atoms with E-state index >= 15 is 0 Å². The highest BCUT2D eigenvalue weighted by molar-refractivity contribution is 9.10. The van der Waals surface area contributed by atoms with E-state index in [4.69, 9.17) is 0 Å². The second kappa shape index (κ2) is 6.68. The van der Waals surface area contributed by atoms with Gasteiger partial charge in [0.05, 0.1) is 9.40 Å². The zero-order chi connectivity index (χ0) is 13.7. The molecule has 0 saturated heterocycles. The third-order valence-electron chi connectivity index (χ3n) is 3.16. The lowest BCUT2D eigenvalue weighted by molar-refractivity contribution is -0.385. The number of hydrogen-bond donors (Lipinski definition) is 1. The average Bonchev–Trinajstić information content (AvgIpc) is 2.33. The van der Waals surface area contributed by atoms with Crippen LogP contribution in [0.15, 0.2) is 16.7 Å². The van der Waals surface area contributed by atoms with Gasteiger partial charge in [0.25, 0.3) is 5.69 Å². The van der Waals surface area contributed by atoms with Crippen LogP contribution < -0.4 is 5.32 Å². The van der Waals surface area contributed by atoms with E-state index in [0.29, 0.717) is 16.2 Å². The molecular weight excluding hydrogens is 298 g/mol. The van der Waals surface area contributed by atoms with Crippen molar-refractivity contribution in [3.63, 3.8) is 0 Å². The Morgan fingerprint density at radius 1 is 1.50 bits per heavy atom. The number of halogens is 1. The molecule has 0 bridgehead atoms. The van der Waals surface area contributed by atoms with E-state index in [1.807, 2.05) is 0 Å². The van der Waals surface area contributed by atoms with Crippen molar-refractivity contribution < 1.29 is 4.92 Å². The summed E-state index contributed by atoms with van der Waals surface area (Å²) >= 11 is 3.31. The maximum Gasteiger partial charge on any atom is 0.288 e. The van der Waals surface area contributed by atoms with Gasteiger partial charge < -0.3 is 5.32 Å². The van der Waals surface area contributed by atoms with Gasteiger partial charge in [-0.1, -0.05) is 26.7 Å². The molecule has 0 fully saturated rings. The summed E-state index contributed by atoms with van der Waals surface area (Å²) in [5.41, 5.74) is -0.0115. The highest BCUT2D eigenvalue weighted by Gasteiger charge is 2.16. The zero-order valence-corrected chi connectivity index (χ0v) is 12.4. The van der Waals surface area contributed by atoms with Crippen LogP contribution in [0.1, 0.15) is 33.6 Å². The van der Waals surface area contributed by atoms with Gasteiger partial charge in [-0.15, -0.1) is 0 Å². The number of pyridine rings is 1. The number of nitrogens with one attached hydrogen (secondary N) is 1. The molecule has 0 aliphatic carbocycles. The maximum absolute atomic E-state index is 10.6. The van der Waals surface area contributed by atoms with Crippen molar-refractivity contribution in [2.24, 2.45) is 5.92 Å². The number of nitrogens with zero attached hydrogens (tertiary/aromatic N) is 2. The molecular formula is C12H18BrN3O2. The fourth-order valence-electron chi connectivity index (χ4n) is 1.96. The van der Waals surface area contributed by atoms with E-state index in [1.165, 1.54) is 12.3 Å². The first-order valence-corrected chi connectivity index (χ1v) is 6.85. The molecule has 100 valence electrons. The normalized spacial score (nSPS) is 12.5. The smallest absolute Gasteiger partial charge is 0.288 e.